The third-order valence-corrected chi connectivity index (χ3v) is 3.36. The van der Waals surface area contributed by atoms with Gasteiger partial charge in [0.25, 0.3) is 0 Å². The first-order valence-corrected chi connectivity index (χ1v) is 7.67. The van der Waals surface area contributed by atoms with E-state index in [1.807, 2.05) is 39.8 Å². The van der Waals surface area contributed by atoms with Gasteiger partial charge in [-0.2, -0.15) is 0 Å². The average Bonchev–Trinajstić information content (AvgIpc) is 2.70. The van der Waals surface area contributed by atoms with Gasteiger partial charge in [0.2, 0.25) is 0 Å². The van der Waals surface area contributed by atoms with Crippen LogP contribution in [0.25, 0.3) is 5.57 Å². The van der Waals surface area contributed by atoms with E-state index in [0.717, 1.165) is 35.1 Å². The van der Waals surface area contributed by atoms with Gasteiger partial charge in [0, 0.05) is 0 Å². The van der Waals surface area contributed by atoms with Crippen LogP contribution in [0.2, 0.25) is 0 Å². The lowest BCUT2D eigenvalue weighted by Crippen LogP contribution is -1.95. The molecule has 1 atom stereocenters. The van der Waals surface area contributed by atoms with Gasteiger partial charge in [0.15, 0.2) is 0 Å². The van der Waals surface area contributed by atoms with Gasteiger partial charge >= 0.3 is 0 Å². The van der Waals surface area contributed by atoms with Crippen molar-refractivity contribution in [1.82, 2.24) is 0 Å². The molecule has 21 heavy (non-hydrogen) atoms. The van der Waals surface area contributed by atoms with Gasteiger partial charge in [-0.15, -0.1) is 0 Å². The Morgan fingerprint density at radius 1 is 1.00 bits per heavy atom. The highest BCUT2D eigenvalue weighted by atomic mass is 19.1. The molecule has 0 saturated carbocycles. The van der Waals surface area contributed by atoms with Crippen LogP contribution in [0.3, 0.4) is 0 Å². The smallest absolute Gasteiger partial charge is 0.138 e. The Labute approximate surface area is 126 Å². The Kier molecular flexibility index (Phi) is 7.07. The van der Waals surface area contributed by atoms with Crippen LogP contribution in [0.15, 0.2) is 48.1 Å². The first-order chi connectivity index (χ1) is 10.1. The molecule has 2 heteroatoms. The van der Waals surface area contributed by atoms with Crippen molar-refractivity contribution in [1.29, 1.82) is 0 Å². The lowest BCUT2D eigenvalue weighted by molar-refractivity contribution is 0.468. The van der Waals surface area contributed by atoms with E-state index in [1.165, 1.54) is 12.1 Å². The van der Waals surface area contributed by atoms with Crippen molar-refractivity contribution in [2.45, 2.75) is 46.7 Å². The molecule has 0 N–H and O–H groups in total. The van der Waals surface area contributed by atoms with Crippen molar-refractivity contribution < 1.29 is 8.78 Å². The van der Waals surface area contributed by atoms with Crippen molar-refractivity contribution in [2.75, 3.05) is 0 Å². The maximum absolute atomic E-state index is 13.9. The van der Waals surface area contributed by atoms with Gasteiger partial charge in [0.1, 0.15) is 12.0 Å². The zero-order chi connectivity index (χ0) is 15.8. The third-order valence-electron chi connectivity index (χ3n) is 3.36. The van der Waals surface area contributed by atoms with Crippen LogP contribution in [-0.2, 0) is 6.42 Å². The third kappa shape index (κ3) is 4.66. The van der Waals surface area contributed by atoms with Crippen LogP contribution >= 0.6 is 0 Å². The van der Waals surface area contributed by atoms with Crippen molar-refractivity contribution in [3.63, 3.8) is 0 Å². The van der Waals surface area contributed by atoms with Gasteiger partial charge in [-0.1, -0.05) is 45.9 Å². The number of benzene rings is 1. The Morgan fingerprint density at radius 3 is 2.33 bits per heavy atom. The molecule has 0 spiro atoms. The summed E-state index contributed by atoms with van der Waals surface area (Å²) in [5.74, 6) is -0.247. The fraction of sp³-hybridized carbons (Fsp3) is 0.368. The van der Waals surface area contributed by atoms with Crippen molar-refractivity contribution in [3.05, 3.63) is 65.0 Å². The van der Waals surface area contributed by atoms with Crippen LogP contribution in [0.5, 0.6) is 0 Å². The van der Waals surface area contributed by atoms with Gasteiger partial charge in [-0.3, -0.25) is 0 Å². The van der Waals surface area contributed by atoms with E-state index in [1.54, 1.807) is 18.2 Å². The van der Waals surface area contributed by atoms with Crippen LogP contribution in [-0.4, -0.2) is 6.17 Å². The minimum absolute atomic E-state index is 0.247. The standard InChI is InChI=1S/C17H18F2.C2H6/c1-3-12-5-6-14(11-16(19)9-12)17-8-7-15(18)10-13(17)4-2;1-2/h5-11,16H,3-4H2,1-2H3;1-2H3. The first kappa shape index (κ1) is 17.4. The molecular weight excluding hydrogens is 266 g/mol. The molecule has 1 unspecified atom stereocenters. The number of aryl methyl sites for hydroxylation is 1. The molecule has 0 saturated heterocycles. The summed E-state index contributed by atoms with van der Waals surface area (Å²) < 4.78 is 27.1. The highest BCUT2D eigenvalue weighted by Gasteiger charge is 2.11. The maximum atomic E-state index is 13.9. The van der Waals surface area contributed by atoms with Crippen LogP contribution in [0.4, 0.5) is 8.78 Å². The molecule has 0 amide bonds. The Hall–Kier alpha value is -1.70. The normalized spacial score (nSPS) is 17.3. The van der Waals surface area contributed by atoms with Crippen LogP contribution in [0, 0.1) is 5.82 Å². The van der Waals surface area contributed by atoms with E-state index in [-0.39, 0.29) is 5.82 Å². The second kappa shape index (κ2) is 8.56. The van der Waals surface area contributed by atoms with Crippen molar-refractivity contribution in [3.8, 4) is 0 Å². The van der Waals surface area contributed by atoms with Crippen molar-refractivity contribution >= 4 is 5.57 Å². The van der Waals surface area contributed by atoms with Gasteiger partial charge in [0.05, 0.1) is 0 Å². The lowest BCUT2D eigenvalue weighted by Gasteiger charge is -2.09. The summed E-state index contributed by atoms with van der Waals surface area (Å²) in [6, 6.07) is 4.68. The number of allylic oxidation sites excluding steroid dienone is 6. The molecule has 0 bridgehead atoms. The molecule has 1 aliphatic rings. The van der Waals surface area contributed by atoms with Gasteiger partial charge in [-0.25, -0.2) is 8.78 Å². The second-order valence-corrected chi connectivity index (χ2v) is 4.65. The molecule has 1 aromatic carbocycles. The summed E-state index contributed by atoms with van der Waals surface area (Å²) in [4.78, 5) is 0. The number of hydrogen-bond donors (Lipinski definition) is 0. The largest absolute Gasteiger partial charge is 0.238 e. The molecule has 0 nitrogen and oxygen atoms in total. The second-order valence-electron chi connectivity index (χ2n) is 4.65. The summed E-state index contributed by atoms with van der Waals surface area (Å²) in [7, 11) is 0. The van der Waals surface area contributed by atoms with E-state index < -0.39 is 6.17 Å². The molecule has 114 valence electrons. The maximum Gasteiger partial charge on any atom is 0.138 e. The van der Waals surface area contributed by atoms with E-state index >= 15 is 0 Å². The molecule has 1 aliphatic carbocycles. The fourth-order valence-corrected chi connectivity index (χ4v) is 2.28. The Balaban J connectivity index is 0.00000106. The zero-order valence-electron chi connectivity index (χ0n) is 13.3. The minimum Gasteiger partial charge on any atom is -0.238 e. The molecule has 0 radical (unpaired) electrons. The average molecular weight is 290 g/mol. The number of halogens is 2. The molecular formula is C19H24F2. The summed E-state index contributed by atoms with van der Waals surface area (Å²) in [5, 5.41) is 0. The SMILES string of the molecule is CC.CCC1=CC(F)C=C(c2ccc(F)cc2CC)C=C1. The van der Waals surface area contributed by atoms with E-state index in [2.05, 4.69) is 0 Å². The molecule has 0 heterocycles. The predicted molar refractivity (Wildman–Crippen MR) is 87.5 cm³/mol. The lowest BCUT2D eigenvalue weighted by atomic mass is 9.97. The zero-order valence-corrected chi connectivity index (χ0v) is 13.3. The molecule has 0 aliphatic heterocycles. The van der Waals surface area contributed by atoms with E-state index in [9.17, 15) is 8.78 Å². The van der Waals surface area contributed by atoms with Crippen molar-refractivity contribution in [2.24, 2.45) is 0 Å². The van der Waals surface area contributed by atoms with Crippen LogP contribution in [0.1, 0.15) is 45.2 Å². The van der Waals surface area contributed by atoms with Crippen LogP contribution < -0.4 is 0 Å². The summed E-state index contributed by atoms with van der Waals surface area (Å²) in [5.41, 5.74) is 3.62. The predicted octanol–water partition coefficient (Wildman–Crippen LogP) is 6.04. The highest BCUT2D eigenvalue weighted by Crippen LogP contribution is 2.26. The molecule has 0 fully saturated rings. The fourth-order valence-electron chi connectivity index (χ4n) is 2.28. The quantitative estimate of drug-likeness (QED) is 0.636. The highest BCUT2D eigenvalue weighted by molar-refractivity contribution is 5.77. The number of rotatable bonds is 3. The summed E-state index contributed by atoms with van der Waals surface area (Å²) in [6.07, 6.45) is 7.51. The first-order valence-electron chi connectivity index (χ1n) is 7.67. The Morgan fingerprint density at radius 2 is 1.71 bits per heavy atom. The Bertz CT molecular complexity index is 551. The van der Waals surface area contributed by atoms with Gasteiger partial charge in [-0.05, 0) is 59.4 Å². The number of alkyl halides is 1. The molecule has 2 rings (SSSR count). The molecule has 0 aromatic heterocycles. The monoisotopic (exact) mass is 290 g/mol. The van der Waals surface area contributed by atoms with E-state index in [4.69, 9.17) is 0 Å². The summed E-state index contributed by atoms with van der Waals surface area (Å²) >= 11 is 0. The summed E-state index contributed by atoms with van der Waals surface area (Å²) in [6.45, 7) is 7.98. The van der Waals surface area contributed by atoms with Gasteiger partial charge < -0.3 is 0 Å². The van der Waals surface area contributed by atoms with E-state index in [0.29, 0.717) is 0 Å². The minimum atomic E-state index is -1.09. The number of hydrogen-bond acceptors (Lipinski definition) is 0. The molecule has 1 aromatic rings. The topological polar surface area (TPSA) is 0 Å².